The van der Waals surface area contributed by atoms with Gasteiger partial charge in [-0.25, -0.2) is 0 Å². The summed E-state index contributed by atoms with van der Waals surface area (Å²) >= 11 is 0. The molecule has 0 aliphatic rings. The summed E-state index contributed by atoms with van der Waals surface area (Å²) < 4.78 is 0. The number of anilines is 1. The van der Waals surface area contributed by atoms with Gasteiger partial charge in [0.15, 0.2) is 0 Å². The lowest BCUT2D eigenvalue weighted by atomic mass is 10.2. The van der Waals surface area contributed by atoms with Crippen molar-refractivity contribution < 1.29 is 4.79 Å². The Kier molecular flexibility index (Phi) is 3.54. The van der Waals surface area contributed by atoms with Gasteiger partial charge in [-0.2, -0.15) is 0 Å². The fraction of sp³-hybridized carbons (Fsp3) is 0.0769. The van der Waals surface area contributed by atoms with E-state index in [0.29, 0.717) is 17.8 Å². The average molecular weight is 243 g/mol. The molecule has 2 rings (SSSR count). The lowest BCUT2D eigenvalue weighted by Gasteiger charge is -2.06. The Morgan fingerprint density at radius 1 is 1.28 bits per heavy atom. The lowest BCUT2D eigenvalue weighted by Crippen LogP contribution is -2.14. The minimum absolute atomic E-state index is 0.239. The molecule has 1 heterocycles. The van der Waals surface area contributed by atoms with Crippen LogP contribution in [0.3, 0.4) is 0 Å². The highest BCUT2D eigenvalue weighted by molar-refractivity contribution is 6.04. The molecule has 0 saturated heterocycles. The van der Waals surface area contributed by atoms with E-state index in [1.807, 2.05) is 18.2 Å². The number of amides is 1. The standard InChI is InChI=1S/C13H13N3O2/c14-7-9-2-1-3-11(6-9)16-13(18)10-4-5-12(17)15-8-10/h1-6,8H,7,14H2,(H,15,17)(H,16,18). The first kappa shape index (κ1) is 12.1. The van der Waals surface area contributed by atoms with Crippen molar-refractivity contribution in [2.24, 2.45) is 5.73 Å². The van der Waals surface area contributed by atoms with Crippen LogP contribution < -0.4 is 16.6 Å². The molecule has 92 valence electrons. The number of nitrogens with one attached hydrogen (secondary N) is 2. The van der Waals surface area contributed by atoms with Crippen molar-refractivity contribution in [2.75, 3.05) is 5.32 Å². The van der Waals surface area contributed by atoms with Gasteiger partial charge >= 0.3 is 0 Å². The van der Waals surface area contributed by atoms with E-state index in [2.05, 4.69) is 10.3 Å². The van der Waals surface area contributed by atoms with Crippen molar-refractivity contribution in [3.63, 3.8) is 0 Å². The SMILES string of the molecule is NCc1cccc(NC(=O)c2ccc(=O)[nH]c2)c1. The molecule has 0 saturated carbocycles. The van der Waals surface area contributed by atoms with Gasteiger partial charge in [0.1, 0.15) is 0 Å². The number of H-pyrrole nitrogens is 1. The summed E-state index contributed by atoms with van der Waals surface area (Å²) in [5, 5.41) is 2.74. The molecule has 2 aromatic rings. The van der Waals surface area contributed by atoms with Crippen LogP contribution in [0.1, 0.15) is 15.9 Å². The summed E-state index contributed by atoms with van der Waals surface area (Å²) in [6.07, 6.45) is 1.38. The number of rotatable bonds is 3. The highest BCUT2D eigenvalue weighted by Crippen LogP contribution is 2.11. The normalized spacial score (nSPS) is 10.1. The number of benzene rings is 1. The maximum atomic E-state index is 11.9. The molecule has 1 amide bonds. The molecular formula is C13H13N3O2. The largest absolute Gasteiger partial charge is 0.328 e. The van der Waals surface area contributed by atoms with Crippen LogP contribution in [-0.4, -0.2) is 10.9 Å². The number of hydrogen-bond acceptors (Lipinski definition) is 3. The van der Waals surface area contributed by atoms with E-state index in [-0.39, 0.29) is 11.5 Å². The number of carbonyl (C=O) groups is 1. The maximum Gasteiger partial charge on any atom is 0.257 e. The summed E-state index contributed by atoms with van der Waals surface area (Å²) in [6, 6.07) is 10.1. The van der Waals surface area contributed by atoms with Crippen LogP contribution in [-0.2, 0) is 6.54 Å². The molecule has 5 nitrogen and oxygen atoms in total. The van der Waals surface area contributed by atoms with Crippen LogP contribution in [0.4, 0.5) is 5.69 Å². The third kappa shape index (κ3) is 2.83. The zero-order valence-electron chi connectivity index (χ0n) is 9.64. The van der Waals surface area contributed by atoms with Gasteiger partial charge in [-0.15, -0.1) is 0 Å². The van der Waals surface area contributed by atoms with Crippen molar-refractivity contribution in [3.8, 4) is 0 Å². The van der Waals surface area contributed by atoms with Gasteiger partial charge in [-0.05, 0) is 23.8 Å². The topological polar surface area (TPSA) is 88.0 Å². The molecule has 4 N–H and O–H groups in total. The van der Waals surface area contributed by atoms with Crippen LogP contribution >= 0.6 is 0 Å². The Labute approximate surface area is 104 Å². The molecule has 0 aliphatic heterocycles. The van der Waals surface area contributed by atoms with E-state index in [1.165, 1.54) is 18.3 Å². The summed E-state index contributed by atoms with van der Waals surface area (Å²) in [4.78, 5) is 25.2. The highest BCUT2D eigenvalue weighted by atomic mass is 16.1. The molecule has 1 aromatic carbocycles. The number of aromatic amines is 1. The third-order valence-electron chi connectivity index (χ3n) is 2.47. The highest BCUT2D eigenvalue weighted by Gasteiger charge is 2.05. The summed E-state index contributed by atoms with van der Waals surface area (Å²) in [5.41, 5.74) is 7.30. The van der Waals surface area contributed by atoms with Crippen molar-refractivity contribution >= 4 is 11.6 Å². The van der Waals surface area contributed by atoms with Gasteiger partial charge in [0, 0.05) is 24.5 Å². The van der Waals surface area contributed by atoms with E-state index in [9.17, 15) is 9.59 Å². The van der Waals surface area contributed by atoms with Crippen LogP contribution in [0, 0.1) is 0 Å². The maximum absolute atomic E-state index is 11.9. The lowest BCUT2D eigenvalue weighted by molar-refractivity contribution is 0.102. The quantitative estimate of drug-likeness (QED) is 0.753. The van der Waals surface area contributed by atoms with Crippen LogP contribution in [0.2, 0.25) is 0 Å². The van der Waals surface area contributed by atoms with Gasteiger partial charge in [0.2, 0.25) is 5.56 Å². The van der Waals surface area contributed by atoms with Gasteiger partial charge in [-0.1, -0.05) is 12.1 Å². The van der Waals surface area contributed by atoms with Crippen molar-refractivity contribution in [3.05, 3.63) is 64.1 Å². The number of aromatic nitrogens is 1. The van der Waals surface area contributed by atoms with Crippen molar-refractivity contribution in [1.82, 2.24) is 4.98 Å². The molecule has 0 radical (unpaired) electrons. The first-order valence-electron chi connectivity index (χ1n) is 5.48. The number of nitrogens with two attached hydrogens (primary N) is 1. The first-order valence-corrected chi connectivity index (χ1v) is 5.48. The minimum atomic E-state index is -0.277. The molecule has 0 atom stereocenters. The summed E-state index contributed by atoms with van der Waals surface area (Å²) in [5.74, 6) is -0.277. The fourth-order valence-electron chi connectivity index (χ4n) is 1.53. The molecule has 0 fully saturated rings. The van der Waals surface area contributed by atoms with Crippen molar-refractivity contribution in [2.45, 2.75) is 6.54 Å². The smallest absolute Gasteiger partial charge is 0.257 e. The van der Waals surface area contributed by atoms with Gasteiger partial charge in [0.05, 0.1) is 5.56 Å². The molecule has 18 heavy (non-hydrogen) atoms. The van der Waals surface area contributed by atoms with Crippen LogP contribution in [0.15, 0.2) is 47.4 Å². The fourth-order valence-corrected chi connectivity index (χ4v) is 1.53. The molecule has 0 bridgehead atoms. The Bertz CT molecular complexity index is 599. The second kappa shape index (κ2) is 5.29. The average Bonchev–Trinajstić information content (AvgIpc) is 2.39. The number of hydrogen-bond donors (Lipinski definition) is 3. The molecule has 5 heteroatoms. The van der Waals surface area contributed by atoms with E-state index < -0.39 is 0 Å². The van der Waals surface area contributed by atoms with E-state index >= 15 is 0 Å². The summed E-state index contributed by atoms with van der Waals surface area (Å²) in [6.45, 7) is 0.419. The van der Waals surface area contributed by atoms with E-state index in [4.69, 9.17) is 5.73 Å². The number of pyridine rings is 1. The summed E-state index contributed by atoms with van der Waals surface area (Å²) in [7, 11) is 0. The molecule has 0 unspecified atom stereocenters. The van der Waals surface area contributed by atoms with E-state index in [0.717, 1.165) is 5.56 Å². The zero-order valence-corrected chi connectivity index (χ0v) is 9.64. The zero-order chi connectivity index (χ0) is 13.0. The molecule has 0 spiro atoms. The Hall–Kier alpha value is -2.40. The van der Waals surface area contributed by atoms with Gasteiger partial charge < -0.3 is 16.0 Å². The Morgan fingerprint density at radius 2 is 2.11 bits per heavy atom. The van der Waals surface area contributed by atoms with E-state index in [1.54, 1.807) is 6.07 Å². The third-order valence-corrected chi connectivity index (χ3v) is 2.47. The molecule has 1 aromatic heterocycles. The monoisotopic (exact) mass is 243 g/mol. The predicted octanol–water partition coefficient (Wildman–Crippen LogP) is 1.09. The molecular weight excluding hydrogens is 230 g/mol. The van der Waals surface area contributed by atoms with Crippen LogP contribution in [0.5, 0.6) is 0 Å². The molecule has 0 aliphatic carbocycles. The van der Waals surface area contributed by atoms with Crippen molar-refractivity contribution in [1.29, 1.82) is 0 Å². The number of carbonyl (C=O) groups excluding carboxylic acids is 1. The second-order valence-electron chi connectivity index (χ2n) is 3.80. The first-order chi connectivity index (χ1) is 8.69. The Balaban J connectivity index is 2.15. The van der Waals surface area contributed by atoms with Crippen LogP contribution in [0.25, 0.3) is 0 Å². The van der Waals surface area contributed by atoms with Gasteiger partial charge in [-0.3, -0.25) is 9.59 Å². The minimum Gasteiger partial charge on any atom is -0.328 e. The van der Waals surface area contributed by atoms with Gasteiger partial charge in [0.25, 0.3) is 5.91 Å². The Morgan fingerprint density at radius 3 is 2.78 bits per heavy atom. The predicted molar refractivity (Wildman–Crippen MR) is 69.3 cm³/mol. The second-order valence-corrected chi connectivity index (χ2v) is 3.80.